The molecule has 2 aromatic rings. The Balaban J connectivity index is 1.57. The van der Waals surface area contributed by atoms with Crippen molar-refractivity contribution in [2.24, 2.45) is 5.41 Å². The van der Waals surface area contributed by atoms with Crippen molar-refractivity contribution < 1.29 is 9.59 Å². The lowest BCUT2D eigenvalue weighted by Gasteiger charge is -2.42. The van der Waals surface area contributed by atoms with Crippen molar-refractivity contribution in [1.82, 2.24) is 9.80 Å². The number of amides is 2. The maximum absolute atomic E-state index is 13.5. The molecule has 4 nitrogen and oxygen atoms in total. The van der Waals surface area contributed by atoms with Gasteiger partial charge in [0.2, 0.25) is 5.91 Å². The Morgan fingerprint density at radius 3 is 2.38 bits per heavy atom. The van der Waals surface area contributed by atoms with Crippen molar-refractivity contribution in [1.29, 1.82) is 0 Å². The molecule has 2 heterocycles. The third-order valence-electron chi connectivity index (χ3n) is 6.75. The van der Waals surface area contributed by atoms with Crippen LogP contribution in [-0.2, 0) is 17.8 Å². The number of hydrogen-bond acceptors (Lipinski definition) is 2. The number of piperidine rings is 1. The lowest BCUT2D eigenvalue weighted by molar-refractivity contribution is -0.144. The molecule has 152 valence electrons. The Hall–Kier alpha value is -2.62. The van der Waals surface area contributed by atoms with Gasteiger partial charge in [-0.25, -0.2) is 0 Å². The number of rotatable bonds is 2. The molecule has 2 aliphatic rings. The van der Waals surface area contributed by atoms with Gasteiger partial charge in [-0.15, -0.1) is 0 Å². The van der Waals surface area contributed by atoms with Crippen LogP contribution >= 0.6 is 0 Å². The first-order valence-electron chi connectivity index (χ1n) is 10.7. The molecule has 0 atom stereocenters. The predicted molar refractivity (Wildman–Crippen MR) is 115 cm³/mol. The van der Waals surface area contributed by atoms with E-state index in [1.54, 1.807) is 0 Å². The zero-order valence-electron chi connectivity index (χ0n) is 17.7. The highest BCUT2D eigenvalue weighted by molar-refractivity contribution is 5.96. The van der Waals surface area contributed by atoms with Gasteiger partial charge in [-0.2, -0.15) is 0 Å². The summed E-state index contributed by atoms with van der Waals surface area (Å²) in [5.41, 5.74) is 5.12. The van der Waals surface area contributed by atoms with E-state index in [0.717, 1.165) is 36.9 Å². The molecule has 29 heavy (non-hydrogen) atoms. The zero-order valence-corrected chi connectivity index (χ0v) is 17.7. The molecule has 2 aromatic carbocycles. The molecule has 1 fully saturated rings. The molecule has 0 aliphatic carbocycles. The summed E-state index contributed by atoms with van der Waals surface area (Å²) in [6.45, 7) is 8.78. The molecule has 0 N–H and O–H groups in total. The molecule has 4 rings (SSSR count). The lowest BCUT2D eigenvalue weighted by atomic mass is 9.72. The van der Waals surface area contributed by atoms with Gasteiger partial charge in [0.05, 0.1) is 5.41 Å². The van der Waals surface area contributed by atoms with Crippen molar-refractivity contribution in [3.63, 3.8) is 0 Å². The van der Waals surface area contributed by atoms with Crippen molar-refractivity contribution in [2.75, 3.05) is 19.6 Å². The average Bonchev–Trinajstić information content (AvgIpc) is 2.83. The number of carbonyl (C=O) groups is 2. The number of fused-ring (bicyclic) bond motifs is 1. The van der Waals surface area contributed by atoms with E-state index < -0.39 is 0 Å². The van der Waals surface area contributed by atoms with E-state index in [2.05, 4.69) is 37.3 Å². The highest BCUT2D eigenvalue weighted by Crippen LogP contribution is 2.40. The summed E-state index contributed by atoms with van der Waals surface area (Å²) in [5, 5.41) is 0. The SMILES string of the molecule is CCN1Cc2ccccc2CC2(CCN(C(=O)c3ccc(C)cc3C)CC2)C1=O. The molecule has 2 aliphatic heterocycles. The monoisotopic (exact) mass is 390 g/mol. The number of likely N-dealkylation sites (tertiary alicyclic amines) is 1. The second kappa shape index (κ2) is 7.66. The van der Waals surface area contributed by atoms with E-state index in [4.69, 9.17) is 0 Å². The highest BCUT2D eigenvalue weighted by atomic mass is 16.2. The number of benzene rings is 2. The second-order valence-corrected chi connectivity index (χ2v) is 8.66. The minimum atomic E-state index is -0.387. The quantitative estimate of drug-likeness (QED) is 0.774. The predicted octanol–water partition coefficient (Wildman–Crippen LogP) is 4.13. The Labute approximate surface area is 173 Å². The average molecular weight is 391 g/mol. The minimum Gasteiger partial charge on any atom is -0.339 e. The van der Waals surface area contributed by atoms with Crippen LogP contribution in [0.5, 0.6) is 0 Å². The van der Waals surface area contributed by atoms with Gasteiger partial charge in [0.25, 0.3) is 5.91 Å². The van der Waals surface area contributed by atoms with Crippen LogP contribution in [0.2, 0.25) is 0 Å². The zero-order chi connectivity index (χ0) is 20.6. The number of nitrogens with zero attached hydrogens (tertiary/aromatic N) is 2. The van der Waals surface area contributed by atoms with Gasteiger partial charge in [0.15, 0.2) is 0 Å². The van der Waals surface area contributed by atoms with E-state index in [9.17, 15) is 9.59 Å². The van der Waals surface area contributed by atoms with E-state index in [0.29, 0.717) is 19.6 Å². The maximum Gasteiger partial charge on any atom is 0.254 e. The molecule has 0 saturated carbocycles. The van der Waals surface area contributed by atoms with Crippen molar-refractivity contribution >= 4 is 11.8 Å². The summed E-state index contributed by atoms with van der Waals surface area (Å²) in [7, 11) is 0. The van der Waals surface area contributed by atoms with Crippen LogP contribution in [0.3, 0.4) is 0 Å². The van der Waals surface area contributed by atoms with Gasteiger partial charge < -0.3 is 9.80 Å². The molecule has 0 bridgehead atoms. The topological polar surface area (TPSA) is 40.6 Å². The van der Waals surface area contributed by atoms with Gasteiger partial charge in [-0.05, 0) is 62.8 Å². The summed E-state index contributed by atoms with van der Waals surface area (Å²) in [5.74, 6) is 0.348. The van der Waals surface area contributed by atoms with Gasteiger partial charge in [0, 0.05) is 31.7 Å². The molecule has 0 radical (unpaired) electrons. The van der Waals surface area contributed by atoms with Crippen molar-refractivity contribution in [2.45, 2.75) is 46.6 Å². The number of carbonyl (C=O) groups excluding carboxylic acids is 2. The third kappa shape index (κ3) is 3.57. The lowest BCUT2D eigenvalue weighted by Crippen LogP contribution is -2.51. The van der Waals surface area contributed by atoms with E-state index >= 15 is 0 Å². The summed E-state index contributed by atoms with van der Waals surface area (Å²) in [6.07, 6.45) is 2.24. The second-order valence-electron chi connectivity index (χ2n) is 8.66. The molecule has 4 heteroatoms. The van der Waals surface area contributed by atoms with E-state index in [1.165, 1.54) is 16.7 Å². The first-order chi connectivity index (χ1) is 13.9. The number of hydrogen-bond donors (Lipinski definition) is 0. The summed E-state index contributed by atoms with van der Waals surface area (Å²) < 4.78 is 0. The Morgan fingerprint density at radius 1 is 1.03 bits per heavy atom. The van der Waals surface area contributed by atoms with E-state index in [-0.39, 0.29) is 17.2 Å². The molecule has 1 saturated heterocycles. The minimum absolute atomic E-state index is 0.0890. The van der Waals surface area contributed by atoms with Crippen molar-refractivity contribution in [3.8, 4) is 0 Å². The fourth-order valence-electron chi connectivity index (χ4n) is 4.95. The van der Waals surface area contributed by atoms with Crippen LogP contribution in [-0.4, -0.2) is 41.2 Å². The molecule has 2 amide bonds. The van der Waals surface area contributed by atoms with Gasteiger partial charge in [0.1, 0.15) is 0 Å². The van der Waals surface area contributed by atoms with Crippen LogP contribution in [0, 0.1) is 19.3 Å². The van der Waals surface area contributed by atoms with Crippen LogP contribution in [0.4, 0.5) is 0 Å². The van der Waals surface area contributed by atoms with Crippen LogP contribution < -0.4 is 0 Å². The first kappa shape index (κ1) is 19.7. The van der Waals surface area contributed by atoms with Crippen LogP contribution in [0.15, 0.2) is 42.5 Å². The van der Waals surface area contributed by atoms with Crippen LogP contribution in [0.25, 0.3) is 0 Å². The van der Waals surface area contributed by atoms with Crippen LogP contribution in [0.1, 0.15) is 52.4 Å². The maximum atomic E-state index is 13.5. The fraction of sp³-hybridized carbons (Fsp3) is 0.440. The smallest absolute Gasteiger partial charge is 0.254 e. The standard InChI is InChI=1S/C25H30N2O2/c1-4-26-17-21-8-6-5-7-20(21)16-25(24(26)29)11-13-27(14-12-25)23(28)22-10-9-18(2)15-19(22)3/h5-10,15H,4,11-14,16-17H2,1-3H3. The fourth-order valence-corrected chi connectivity index (χ4v) is 4.95. The third-order valence-corrected chi connectivity index (χ3v) is 6.75. The molecular weight excluding hydrogens is 360 g/mol. The highest BCUT2D eigenvalue weighted by Gasteiger charge is 2.46. The summed E-state index contributed by atoms with van der Waals surface area (Å²) >= 11 is 0. The van der Waals surface area contributed by atoms with Gasteiger partial charge >= 0.3 is 0 Å². The first-order valence-corrected chi connectivity index (χ1v) is 10.7. The Bertz CT molecular complexity index is 942. The number of aryl methyl sites for hydroxylation is 2. The van der Waals surface area contributed by atoms with E-state index in [1.807, 2.05) is 35.8 Å². The van der Waals surface area contributed by atoms with Gasteiger partial charge in [-0.1, -0.05) is 42.0 Å². The molecule has 0 unspecified atom stereocenters. The largest absolute Gasteiger partial charge is 0.339 e. The van der Waals surface area contributed by atoms with Gasteiger partial charge in [-0.3, -0.25) is 9.59 Å². The normalized spacial score (nSPS) is 18.5. The molecular formula is C25H30N2O2. The Kier molecular flexibility index (Phi) is 5.20. The van der Waals surface area contributed by atoms with Crippen molar-refractivity contribution in [3.05, 3.63) is 70.3 Å². The Morgan fingerprint density at radius 2 is 1.72 bits per heavy atom. The molecule has 0 aromatic heterocycles. The summed E-state index contributed by atoms with van der Waals surface area (Å²) in [6, 6.07) is 14.4. The molecule has 1 spiro atoms. The summed E-state index contributed by atoms with van der Waals surface area (Å²) in [4.78, 5) is 30.5.